The van der Waals surface area contributed by atoms with Crippen LogP contribution in [0.1, 0.15) is 24.1 Å². The molecule has 0 radical (unpaired) electrons. The van der Waals surface area contributed by atoms with E-state index in [9.17, 15) is 4.39 Å². The van der Waals surface area contributed by atoms with Crippen molar-refractivity contribution in [3.05, 3.63) is 59.4 Å². The van der Waals surface area contributed by atoms with Gasteiger partial charge in [0.1, 0.15) is 5.75 Å². The van der Waals surface area contributed by atoms with Gasteiger partial charge in [-0.1, -0.05) is 12.1 Å². The fraction of sp³-hybridized carbons (Fsp3) is 0.133. The summed E-state index contributed by atoms with van der Waals surface area (Å²) in [5, 5.41) is 8.71. The number of halogens is 1. The van der Waals surface area contributed by atoms with Gasteiger partial charge in [0.15, 0.2) is 11.6 Å². The average molecular weight is 256 g/mol. The second kappa shape index (κ2) is 5.51. The van der Waals surface area contributed by atoms with Gasteiger partial charge in [-0.05, 0) is 37.3 Å². The molecule has 4 heteroatoms. The van der Waals surface area contributed by atoms with Gasteiger partial charge >= 0.3 is 0 Å². The molecule has 2 N–H and O–H groups in total. The van der Waals surface area contributed by atoms with Crippen molar-refractivity contribution >= 4 is 0 Å². The van der Waals surface area contributed by atoms with Crippen LogP contribution in [-0.4, -0.2) is 0 Å². The first-order valence-electron chi connectivity index (χ1n) is 5.84. The molecule has 0 aliphatic rings. The predicted octanol–water partition coefficient (Wildman–Crippen LogP) is 3.51. The molecule has 0 saturated heterocycles. The van der Waals surface area contributed by atoms with Crippen molar-refractivity contribution in [2.75, 3.05) is 0 Å². The van der Waals surface area contributed by atoms with Crippen LogP contribution in [0.3, 0.4) is 0 Å². The number of hydrogen-bond donors (Lipinski definition) is 1. The van der Waals surface area contributed by atoms with Crippen LogP contribution in [0.2, 0.25) is 0 Å². The van der Waals surface area contributed by atoms with Crippen molar-refractivity contribution in [1.82, 2.24) is 0 Å². The first-order valence-corrected chi connectivity index (χ1v) is 5.84. The van der Waals surface area contributed by atoms with Crippen molar-refractivity contribution in [2.45, 2.75) is 13.0 Å². The molecule has 0 heterocycles. The minimum Gasteiger partial charge on any atom is -0.454 e. The molecule has 0 aromatic heterocycles. The van der Waals surface area contributed by atoms with Crippen LogP contribution in [0, 0.1) is 17.1 Å². The zero-order valence-corrected chi connectivity index (χ0v) is 10.4. The first-order chi connectivity index (χ1) is 9.11. The van der Waals surface area contributed by atoms with E-state index in [0.29, 0.717) is 16.9 Å². The molecule has 2 aromatic rings. The summed E-state index contributed by atoms with van der Waals surface area (Å²) in [6.07, 6.45) is 0. The lowest BCUT2D eigenvalue weighted by Gasteiger charge is -2.14. The van der Waals surface area contributed by atoms with Crippen molar-refractivity contribution in [3.63, 3.8) is 0 Å². The number of nitriles is 1. The quantitative estimate of drug-likeness (QED) is 0.914. The molecule has 0 aliphatic carbocycles. The van der Waals surface area contributed by atoms with Crippen LogP contribution in [0.4, 0.5) is 4.39 Å². The fourth-order valence-electron chi connectivity index (χ4n) is 1.71. The summed E-state index contributed by atoms with van der Waals surface area (Å²) in [6.45, 7) is 1.76. The van der Waals surface area contributed by atoms with Crippen LogP contribution < -0.4 is 10.5 Å². The maximum Gasteiger partial charge on any atom is 0.167 e. The van der Waals surface area contributed by atoms with E-state index in [1.54, 1.807) is 43.3 Å². The van der Waals surface area contributed by atoms with E-state index < -0.39 is 5.82 Å². The number of nitrogens with two attached hydrogens (primary N) is 1. The minimum atomic E-state index is -0.459. The van der Waals surface area contributed by atoms with Gasteiger partial charge < -0.3 is 10.5 Å². The van der Waals surface area contributed by atoms with E-state index in [0.717, 1.165) is 0 Å². The summed E-state index contributed by atoms with van der Waals surface area (Å²) in [4.78, 5) is 0. The smallest absolute Gasteiger partial charge is 0.167 e. The molecule has 0 aliphatic heterocycles. The van der Waals surface area contributed by atoms with Crippen molar-refractivity contribution < 1.29 is 9.13 Å². The molecule has 0 saturated carbocycles. The predicted molar refractivity (Wildman–Crippen MR) is 70.2 cm³/mol. The van der Waals surface area contributed by atoms with E-state index in [4.69, 9.17) is 15.7 Å². The Labute approximate surface area is 111 Å². The van der Waals surface area contributed by atoms with Gasteiger partial charge in [-0.3, -0.25) is 0 Å². The van der Waals surface area contributed by atoms with Crippen molar-refractivity contribution in [2.24, 2.45) is 5.73 Å². The van der Waals surface area contributed by atoms with Crippen LogP contribution in [0.5, 0.6) is 11.5 Å². The number of para-hydroxylation sites is 1. The van der Waals surface area contributed by atoms with Gasteiger partial charge in [-0.15, -0.1) is 0 Å². The number of rotatable bonds is 3. The van der Waals surface area contributed by atoms with Crippen LogP contribution in [0.15, 0.2) is 42.5 Å². The molecule has 2 rings (SSSR count). The maximum absolute atomic E-state index is 13.8. The molecule has 0 amide bonds. The highest BCUT2D eigenvalue weighted by Gasteiger charge is 2.13. The summed E-state index contributed by atoms with van der Waals surface area (Å²) in [6, 6.07) is 12.8. The molecule has 2 aromatic carbocycles. The summed E-state index contributed by atoms with van der Waals surface area (Å²) < 4.78 is 19.3. The number of ether oxygens (including phenoxy) is 1. The summed E-state index contributed by atoms with van der Waals surface area (Å²) in [5.41, 5.74) is 6.92. The van der Waals surface area contributed by atoms with Crippen LogP contribution in [-0.2, 0) is 0 Å². The highest BCUT2D eigenvalue weighted by atomic mass is 19.1. The van der Waals surface area contributed by atoms with Gasteiger partial charge in [0.05, 0.1) is 11.6 Å². The number of nitrogens with zero attached hydrogens (tertiary/aromatic N) is 1. The lowest BCUT2D eigenvalue weighted by atomic mass is 10.1. The molecule has 0 unspecified atom stereocenters. The molecule has 0 spiro atoms. The Morgan fingerprint density at radius 3 is 2.47 bits per heavy atom. The lowest BCUT2D eigenvalue weighted by molar-refractivity contribution is 0.432. The standard InChI is InChI=1S/C15H13FN2O/c1-10(18)13-3-2-4-14(16)15(13)19-12-7-5-11(9-17)6-8-12/h2-8,10H,18H2,1H3/t10-/m0/s1. The van der Waals surface area contributed by atoms with Gasteiger partial charge in [0.2, 0.25) is 0 Å². The molecule has 96 valence electrons. The Bertz CT molecular complexity index is 615. The normalized spacial score (nSPS) is 11.7. The third-order valence-electron chi connectivity index (χ3n) is 2.69. The SMILES string of the molecule is C[C@H](N)c1cccc(F)c1Oc1ccc(C#N)cc1. The third kappa shape index (κ3) is 2.90. The zero-order valence-electron chi connectivity index (χ0n) is 10.4. The topological polar surface area (TPSA) is 59.0 Å². The Morgan fingerprint density at radius 2 is 1.89 bits per heavy atom. The minimum absolute atomic E-state index is 0.127. The molecule has 19 heavy (non-hydrogen) atoms. The second-order valence-electron chi connectivity index (χ2n) is 4.19. The highest BCUT2D eigenvalue weighted by molar-refractivity contribution is 5.42. The Hall–Kier alpha value is -2.38. The molecular formula is C15H13FN2O. The molecule has 1 atom stereocenters. The molecule has 0 fully saturated rings. The van der Waals surface area contributed by atoms with Crippen LogP contribution in [0.25, 0.3) is 0 Å². The fourth-order valence-corrected chi connectivity index (χ4v) is 1.71. The van der Waals surface area contributed by atoms with Gasteiger partial charge in [-0.25, -0.2) is 4.39 Å². The average Bonchev–Trinajstić information content (AvgIpc) is 2.41. The van der Waals surface area contributed by atoms with E-state index in [1.165, 1.54) is 6.07 Å². The monoisotopic (exact) mass is 256 g/mol. The van der Waals surface area contributed by atoms with E-state index in [-0.39, 0.29) is 11.8 Å². The first kappa shape index (κ1) is 13.1. The maximum atomic E-state index is 13.8. The summed E-state index contributed by atoms with van der Waals surface area (Å²) >= 11 is 0. The summed E-state index contributed by atoms with van der Waals surface area (Å²) in [7, 11) is 0. The Morgan fingerprint density at radius 1 is 1.21 bits per heavy atom. The van der Waals surface area contributed by atoms with Gasteiger partial charge in [-0.2, -0.15) is 5.26 Å². The number of hydrogen-bond acceptors (Lipinski definition) is 3. The third-order valence-corrected chi connectivity index (χ3v) is 2.69. The number of benzene rings is 2. The van der Waals surface area contributed by atoms with E-state index >= 15 is 0 Å². The Balaban J connectivity index is 2.34. The van der Waals surface area contributed by atoms with Crippen molar-refractivity contribution in [1.29, 1.82) is 5.26 Å². The van der Waals surface area contributed by atoms with Gasteiger partial charge in [0.25, 0.3) is 0 Å². The molecule has 3 nitrogen and oxygen atoms in total. The van der Waals surface area contributed by atoms with Crippen LogP contribution >= 0.6 is 0 Å². The molecule has 0 bridgehead atoms. The largest absolute Gasteiger partial charge is 0.454 e. The zero-order chi connectivity index (χ0) is 13.8. The highest BCUT2D eigenvalue weighted by Crippen LogP contribution is 2.31. The van der Waals surface area contributed by atoms with Crippen molar-refractivity contribution in [3.8, 4) is 17.6 Å². The van der Waals surface area contributed by atoms with E-state index in [1.807, 2.05) is 6.07 Å². The van der Waals surface area contributed by atoms with E-state index in [2.05, 4.69) is 0 Å². The Kier molecular flexibility index (Phi) is 3.79. The molecular weight excluding hydrogens is 243 g/mol. The summed E-state index contributed by atoms with van der Waals surface area (Å²) in [5.74, 6) is 0.132. The lowest BCUT2D eigenvalue weighted by Crippen LogP contribution is -2.07. The second-order valence-corrected chi connectivity index (χ2v) is 4.19. The van der Waals surface area contributed by atoms with Gasteiger partial charge in [0, 0.05) is 11.6 Å².